The number of hydrogen-bond acceptors (Lipinski definition) is 6. The van der Waals surface area contributed by atoms with Crippen LogP contribution in [-0.4, -0.2) is 39.3 Å². The molecule has 2 aromatic rings. The highest BCUT2D eigenvalue weighted by atomic mass is 32.1. The molecule has 1 aliphatic heterocycles. The zero-order chi connectivity index (χ0) is 13.1. The Labute approximate surface area is 115 Å². The van der Waals surface area contributed by atoms with Crippen molar-refractivity contribution in [2.24, 2.45) is 0 Å². The number of likely N-dealkylation sites (tertiary alicyclic amines) is 1. The molecule has 0 saturated carbocycles. The zero-order valence-corrected chi connectivity index (χ0v) is 11.5. The van der Waals surface area contributed by atoms with Gasteiger partial charge in [0.2, 0.25) is 11.7 Å². The Morgan fingerprint density at radius 3 is 3.21 bits per heavy atom. The van der Waals surface area contributed by atoms with Gasteiger partial charge in [0.1, 0.15) is 0 Å². The van der Waals surface area contributed by atoms with E-state index in [1.54, 1.807) is 11.3 Å². The summed E-state index contributed by atoms with van der Waals surface area (Å²) in [7, 11) is 0. The molecule has 0 amide bonds. The molecule has 3 rings (SSSR count). The minimum absolute atomic E-state index is 0.200. The summed E-state index contributed by atoms with van der Waals surface area (Å²) in [5, 5.41) is 15.4. The van der Waals surface area contributed by atoms with Gasteiger partial charge in [-0.3, -0.25) is 4.90 Å². The van der Waals surface area contributed by atoms with Crippen molar-refractivity contribution in [3.05, 3.63) is 23.4 Å². The predicted octanol–water partition coefficient (Wildman–Crippen LogP) is 2.14. The van der Waals surface area contributed by atoms with E-state index >= 15 is 0 Å². The largest absolute Gasteiger partial charge is 0.395 e. The van der Waals surface area contributed by atoms with Crippen LogP contribution in [0.1, 0.15) is 25.2 Å². The van der Waals surface area contributed by atoms with Gasteiger partial charge in [0, 0.05) is 6.04 Å². The summed E-state index contributed by atoms with van der Waals surface area (Å²) < 4.78 is 5.31. The second-order valence-corrected chi connectivity index (χ2v) is 5.74. The Kier molecular flexibility index (Phi) is 3.91. The molecule has 102 valence electrons. The molecule has 0 aliphatic carbocycles. The number of hydrogen-bond donors (Lipinski definition) is 1. The van der Waals surface area contributed by atoms with Crippen LogP contribution in [0.25, 0.3) is 10.7 Å². The molecule has 0 bridgehead atoms. The van der Waals surface area contributed by atoms with Crippen molar-refractivity contribution < 1.29 is 9.63 Å². The minimum atomic E-state index is 0.200. The van der Waals surface area contributed by atoms with Crippen LogP contribution in [-0.2, 0) is 6.54 Å². The van der Waals surface area contributed by atoms with Crippen LogP contribution in [0.4, 0.5) is 0 Å². The van der Waals surface area contributed by atoms with E-state index in [1.807, 2.05) is 17.5 Å². The fraction of sp³-hybridized carbons (Fsp3) is 0.538. The summed E-state index contributed by atoms with van der Waals surface area (Å²) >= 11 is 1.60. The lowest BCUT2D eigenvalue weighted by molar-refractivity contribution is 0.0749. The molecule has 3 heterocycles. The Morgan fingerprint density at radius 1 is 1.47 bits per heavy atom. The number of aliphatic hydroxyl groups excluding tert-OH is 1. The molecule has 1 N–H and O–H groups in total. The van der Waals surface area contributed by atoms with Crippen LogP contribution in [0.5, 0.6) is 0 Å². The van der Waals surface area contributed by atoms with Gasteiger partial charge in [0.15, 0.2) is 0 Å². The van der Waals surface area contributed by atoms with Crippen molar-refractivity contribution in [1.82, 2.24) is 15.0 Å². The summed E-state index contributed by atoms with van der Waals surface area (Å²) in [6, 6.07) is 4.19. The van der Waals surface area contributed by atoms with E-state index in [0.717, 1.165) is 17.8 Å². The quantitative estimate of drug-likeness (QED) is 0.929. The lowest BCUT2D eigenvalue weighted by atomic mass is 10.0. The molecule has 5 nitrogen and oxygen atoms in total. The Balaban J connectivity index is 1.69. The smallest absolute Gasteiger partial charge is 0.241 e. The van der Waals surface area contributed by atoms with E-state index in [2.05, 4.69) is 15.0 Å². The fourth-order valence-electron chi connectivity index (χ4n) is 2.47. The summed E-state index contributed by atoms with van der Waals surface area (Å²) in [5.41, 5.74) is 0. The molecule has 1 unspecified atom stereocenters. The summed E-state index contributed by atoms with van der Waals surface area (Å²) in [6.45, 7) is 1.82. The van der Waals surface area contributed by atoms with Gasteiger partial charge in [0.05, 0.1) is 18.0 Å². The maximum absolute atomic E-state index is 9.39. The first-order chi connectivity index (χ1) is 9.36. The maximum atomic E-state index is 9.39. The standard InChI is InChI=1S/C13H17N3O2S/c17-9-10-4-1-2-6-16(10)8-12-14-13(15-18-12)11-5-3-7-19-11/h3,5,7,10,17H,1-2,4,6,8-9H2. The molecular weight excluding hydrogens is 262 g/mol. The highest BCUT2D eigenvalue weighted by molar-refractivity contribution is 7.13. The molecule has 6 heteroatoms. The normalized spacial score (nSPS) is 20.8. The van der Waals surface area contributed by atoms with Crippen LogP contribution in [0.3, 0.4) is 0 Å². The van der Waals surface area contributed by atoms with Crippen molar-refractivity contribution in [3.63, 3.8) is 0 Å². The van der Waals surface area contributed by atoms with Gasteiger partial charge >= 0.3 is 0 Å². The maximum Gasteiger partial charge on any atom is 0.241 e. The van der Waals surface area contributed by atoms with E-state index in [4.69, 9.17) is 4.52 Å². The molecule has 0 radical (unpaired) electrons. The minimum Gasteiger partial charge on any atom is -0.395 e. The third kappa shape index (κ3) is 2.86. The van der Waals surface area contributed by atoms with Gasteiger partial charge in [0.25, 0.3) is 0 Å². The zero-order valence-electron chi connectivity index (χ0n) is 10.7. The van der Waals surface area contributed by atoms with Crippen LogP contribution < -0.4 is 0 Å². The van der Waals surface area contributed by atoms with Crippen molar-refractivity contribution >= 4 is 11.3 Å². The number of nitrogens with zero attached hydrogens (tertiary/aromatic N) is 3. The number of rotatable bonds is 4. The van der Waals surface area contributed by atoms with Gasteiger partial charge in [-0.1, -0.05) is 17.6 Å². The van der Waals surface area contributed by atoms with Gasteiger partial charge in [-0.05, 0) is 30.8 Å². The first-order valence-electron chi connectivity index (χ1n) is 6.58. The number of thiophene rings is 1. The van der Waals surface area contributed by atoms with Gasteiger partial charge in [-0.25, -0.2) is 0 Å². The molecule has 0 spiro atoms. The molecule has 1 atom stereocenters. The van der Waals surface area contributed by atoms with Gasteiger partial charge in [-0.15, -0.1) is 11.3 Å². The van der Waals surface area contributed by atoms with Crippen molar-refractivity contribution in [2.75, 3.05) is 13.2 Å². The lowest BCUT2D eigenvalue weighted by Gasteiger charge is -2.33. The summed E-state index contributed by atoms with van der Waals surface area (Å²) in [4.78, 5) is 7.68. The average molecular weight is 279 g/mol. The fourth-order valence-corrected chi connectivity index (χ4v) is 3.12. The Bertz CT molecular complexity index is 512. The lowest BCUT2D eigenvalue weighted by Crippen LogP contribution is -2.41. The van der Waals surface area contributed by atoms with Crippen LogP contribution in [0, 0.1) is 0 Å². The summed E-state index contributed by atoms with van der Waals surface area (Å²) in [5.74, 6) is 1.28. The van der Waals surface area contributed by atoms with E-state index in [0.29, 0.717) is 18.3 Å². The van der Waals surface area contributed by atoms with Gasteiger partial charge in [-0.2, -0.15) is 4.98 Å². The third-order valence-corrected chi connectivity index (χ3v) is 4.37. The predicted molar refractivity (Wildman–Crippen MR) is 72.7 cm³/mol. The average Bonchev–Trinajstić information content (AvgIpc) is 3.09. The van der Waals surface area contributed by atoms with Crippen molar-refractivity contribution in [2.45, 2.75) is 31.8 Å². The Morgan fingerprint density at radius 2 is 2.42 bits per heavy atom. The van der Waals surface area contributed by atoms with E-state index in [1.165, 1.54) is 12.8 Å². The molecule has 2 aromatic heterocycles. The van der Waals surface area contributed by atoms with E-state index < -0.39 is 0 Å². The molecule has 1 aliphatic rings. The molecule has 1 fully saturated rings. The van der Waals surface area contributed by atoms with Crippen molar-refractivity contribution in [3.8, 4) is 10.7 Å². The highest BCUT2D eigenvalue weighted by Gasteiger charge is 2.23. The molecule has 0 aromatic carbocycles. The van der Waals surface area contributed by atoms with Crippen LogP contribution in [0.2, 0.25) is 0 Å². The number of aromatic nitrogens is 2. The SMILES string of the molecule is OCC1CCCCN1Cc1nc(-c2cccs2)no1. The molecule has 1 saturated heterocycles. The monoisotopic (exact) mass is 279 g/mol. The van der Waals surface area contributed by atoms with E-state index in [-0.39, 0.29) is 12.6 Å². The summed E-state index contributed by atoms with van der Waals surface area (Å²) in [6.07, 6.45) is 3.40. The number of piperidine rings is 1. The van der Waals surface area contributed by atoms with Gasteiger partial charge < -0.3 is 9.63 Å². The highest BCUT2D eigenvalue weighted by Crippen LogP contribution is 2.23. The first-order valence-corrected chi connectivity index (χ1v) is 7.46. The Hall–Kier alpha value is -1.24. The molecule has 19 heavy (non-hydrogen) atoms. The second-order valence-electron chi connectivity index (χ2n) is 4.79. The number of aliphatic hydroxyl groups is 1. The third-order valence-electron chi connectivity index (χ3n) is 3.51. The van der Waals surface area contributed by atoms with Crippen LogP contribution in [0.15, 0.2) is 22.0 Å². The topological polar surface area (TPSA) is 62.4 Å². The van der Waals surface area contributed by atoms with Crippen molar-refractivity contribution in [1.29, 1.82) is 0 Å². The van der Waals surface area contributed by atoms with E-state index in [9.17, 15) is 5.11 Å². The molecular formula is C13H17N3O2S. The first kappa shape index (κ1) is 12.8. The van der Waals surface area contributed by atoms with Crippen LogP contribution >= 0.6 is 11.3 Å². The second kappa shape index (κ2) is 5.81.